The third-order valence-corrected chi connectivity index (χ3v) is 0.842. The number of esters is 1. The Morgan fingerprint density at radius 1 is 2.00 bits per heavy atom. The maximum atomic E-state index is 10.5. The largest absolute Gasteiger partial charge is 0.462 e. The molecule has 0 bridgehead atoms. The number of rotatable bonds is 1. The fraction of sp³-hybridized carbons (Fsp3) is 0.250. The van der Waals surface area contributed by atoms with Gasteiger partial charge in [0.05, 0.1) is 12.3 Å². The molecule has 0 radical (unpaired) electrons. The van der Waals surface area contributed by atoms with Crippen LogP contribution in [0.4, 0.5) is 0 Å². The van der Waals surface area contributed by atoms with E-state index in [0.717, 1.165) is 6.20 Å². The zero-order chi connectivity index (χ0) is 7.56. The van der Waals surface area contributed by atoms with Crippen LogP contribution in [0, 0.1) is 5.21 Å². The zero-order valence-electron chi connectivity index (χ0n) is 5.10. The average molecular weight is 144 g/mol. The van der Waals surface area contributed by atoms with E-state index >= 15 is 0 Å². The molecule has 54 valence electrons. The number of hydrogen-bond donors (Lipinski definition) is 0. The molecule has 0 aliphatic carbocycles. The van der Waals surface area contributed by atoms with Crippen molar-refractivity contribution in [2.75, 3.05) is 7.11 Å². The third kappa shape index (κ3) is 1.04. The first kappa shape index (κ1) is 6.53. The lowest BCUT2D eigenvalue weighted by molar-refractivity contribution is -0.802. The fourth-order valence-electron chi connectivity index (χ4n) is 0.426. The van der Waals surface area contributed by atoms with Crippen LogP contribution in [0.2, 0.25) is 0 Å². The van der Waals surface area contributed by atoms with Crippen molar-refractivity contribution >= 4 is 5.97 Å². The number of methoxy groups -OCH3 is 1. The molecule has 1 rings (SSSR count). The predicted molar refractivity (Wildman–Crippen MR) is 26.8 cm³/mol. The highest BCUT2D eigenvalue weighted by Crippen LogP contribution is 1.90. The van der Waals surface area contributed by atoms with Crippen molar-refractivity contribution in [3.8, 4) is 0 Å². The van der Waals surface area contributed by atoms with Crippen molar-refractivity contribution < 1.29 is 19.1 Å². The minimum Gasteiger partial charge on any atom is -0.462 e. The van der Waals surface area contributed by atoms with Crippen molar-refractivity contribution in [2.24, 2.45) is 0 Å². The van der Waals surface area contributed by atoms with Crippen LogP contribution in [-0.4, -0.2) is 18.2 Å². The Kier molecular flexibility index (Phi) is 1.53. The van der Waals surface area contributed by atoms with Crippen LogP contribution in [0.15, 0.2) is 10.8 Å². The first-order valence-corrected chi connectivity index (χ1v) is 2.38. The first-order chi connectivity index (χ1) is 4.74. The monoisotopic (exact) mass is 144 g/mol. The van der Waals surface area contributed by atoms with Gasteiger partial charge in [-0.1, -0.05) is 0 Å². The van der Waals surface area contributed by atoms with Gasteiger partial charge in [0, 0.05) is 0 Å². The van der Waals surface area contributed by atoms with Gasteiger partial charge in [0.15, 0.2) is 6.20 Å². The summed E-state index contributed by atoms with van der Waals surface area (Å²) < 4.78 is 8.23. The molecule has 0 saturated heterocycles. The van der Waals surface area contributed by atoms with E-state index < -0.39 is 5.97 Å². The van der Waals surface area contributed by atoms with Crippen LogP contribution in [0.1, 0.15) is 10.5 Å². The minimum atomic E-state index is -0.696. The van der Waals surface area contributed by atoms with E-state index in [4.69, 9.17) is 0 Å². The molecule has 0 unspecified atom stereocenters. The second kappa shape index (κ2) is 2.34. The number of aromatic nitrogens is 2. The smallest absolute Gasteiger partial charge is 0.389 e. The average Bonchev–Trinajstić information content (AvgIpc) is 2.34. The summed E-state index contributed by atoms with van der Waals surface area (Å²) >= 11 is 0. The summed E-state index contributed by atoms with van der Waals surface area (Å²) in [5, 5.41) is 13.3. The molecule has 10 heavy (non-hydrogen) atoms. The third-order valence-electron chi connectivity index (χ3n) is 0.842. The molecule has 0 aliphatic rings. The van der Waals surface area contributed by atoms with Gasteiger partial charge >= 0.3 is 11.7 Å². The SMILES string of the molecule is COC(=O)c1c[n+]([O-])on1. The molecule has 0 aromatic carbocycles. The summed E-state index contributed by atoms with van der Waals surface area (Å²) in [6.07, 6.45) is 0.881. The minimum absolute atomic E-state index is 0.0618. The molecular weight excluding hydrogens is 140 g/mol. The Morgan fingerprint density at radius 3 is 3.10 bits per heavy atom. The van der Waals surface area contributed by atoms with Gasteiger partial charge in [-0.3, -0.25) is 4.63 Å². The van der Waals surface area contributed by atoms with Crippen LogP contribution >= 0.6 is 0 Å². The summed E-state index contributed by atoms with van der Waals surface area (Å²) in [4.78, 5) is 10.6. The Hall–Kier alpha value is -1.59. The number of carbonyl (C=O) groups is 1. The highest BCUT2D eigenvalue weighted by molar-refractivity contribution is 5.86. The maximum Gasteiger partial charge on any atom is 0.389 e. The van der Waals surface area contributed by atoms with Crippen molar-refractivity contribution in [1.29, 1.82) is 0 Å². The Labute approximate surface area is 55.5 Å². The van der Waals surface area contributed by atoms with Crippen molar-refractivity contribution in [3.05, 3.63) is 17.1 Å². The van der Waals surface area contributed by atoms with E-state index in [9.17, 15) is 10.0 Å². The van der Waals surface area contributed by atoms with E-state index in [1.54, 1.807) is 0 Å². The molecule has 0 aliphatic heterocycles. The Bertz CT molecular complexity index is 243. The van der Waals surface area contributed by atoms with Gasteiger partial charge in [-0.25, -0.2) is 4.79 Å². The number of hydrogen-bond acceptors (Lipinski definition) is 5. The number of ether oxygens (including phenoxy) is 1. The standard InChI is InChI=1S/C4H4N2O4/c1-9-4(7)3-2-6(8)10-5-3/h2H,1H3. The lowest BCUT2D eigenvalue weighted by Gasteiger charge is -1.84. The summed E-state index contributed by atoms with van der Waals surface area (Å²) in [5.74, 6) is -0.696. The molecule has 6 heteroatoms. The van der Waals surface area contributed by atoms with Crippen LogP contribution in [0.5, 0.6) is 0 Å². The van der Waals surface area contributed by atoms with Gasteiger partial charge in [-0.05, 0) is 4.90 Å². The Morgan fingerprint density at radius 2 is 2.70 bits per heavy atom. The highest BCUT2D eigenvalue weighted by atomic mass is 16.8. The van der Waals surface area contributed by atoms with Crippen LogP contribution in [0.25, 0.3) is 0 Å². The molecule has 0 atom stereocenters. The summed E-state index contributed by atoms with van der Waals surface area (Å²) in [6, 6.07) is 0. The molecule has 0 N–H and O–H groups in total. The quantitative estimate of drug-likeness (QED) is 0.376. The first-order valence-electron chi connectivity index (χ1n) is 2.38. The van der Waals surface area contributed by atoms with Crippen molar-refractivity contribution in [3.63, 3.8) is 0 Å². The maximum absolute atomic E-state index is 10.5. The van der Waals surface area contributed by atoms with E-state index in [0.29, 0.717) is 0 Å². The molecule has 0 spiro atoms. The normalized spacial score (nSPS) is 9.30. The van der Waals surface area contributed by atoms with Gasteiger partial charge in [-0.15, -0.1) is 0 Å². The highest BCUT2D eigenvalue weighted by Gasteiger charge is 2.15. The molecular formula is C4H4N2O4. The van der Waals surface area contributed by atoms with Gasteiger partial charge in [0.25, 0.3) is 0 Å². The lowest BCUT2D eigenvalue weighted by Crippen LogP contribution is -2.20. The molecule has 0 saturated carbocycles. The number of nitrogens with zero attached hydrogens (tertiary/aromatic N) is 2. The van der Waals surface area contributed by atoms with Crippen molar-refractivity contribution in [2.45, 2.75) is 0 Å². The van der Waals surface area contributed by atoms with E-state index in [-0.39, 0.29) is 10.6 Å². The van der Waals surface area contributed by atoms with E-state index in [1.165, 1.54) is 7.11 Å². The second-order valence-electron chi connectivity index (χ2n) is 1.46. The molecule has 1 heterocycles. The Balaban J connectivity index is 2.85. The van der Waals surface area contributed by atoms with E-state index in [2.05, 4.69) is 14.5 Å². The van der Waals surface area contributed by atoms with E-state index in [1.807, 2.05) is 0 Å². The number of carbonyl (C=O) groups excluding carboxylic acids is 1. The van der Waals surface area contributed by atoms with Gasteiger partial charge in [0.2, 0.25) is 0 Å². The van der Waals surface area contributed by atoms with Crippen molar-refractivity contribution in [1.82, 2.24) is 5.16 Å². The molecule has 1 aromatic heterocycles. The topological polar surface area (TPSA) is 79.3 Å². The molecule has 6 nitrogen and oxygen atoms in total. The van der Waals surface area contributed by atoms with Crippen LogP contribution < -0.4 is 4.90 Å². The van der Waals surface area contributed by atoms with Gasteiger partial charge in [0.1, 0.15) is 0 Å². The van der Waals surface area contributed by atoms with Crippen LogP contribution in [-0.2, 0) is 4.74 Å². The summed E-state index contributed by atoms with van der Waals surface area (Å²) in [5.41, 5.74) is -0.141. The predicted octanol–water partition coefficient (Wildman–Crippen LogP) is -0.905. The molecule has 0 amide bonds. The van der Waals surface area contributed by atoms with Gasteiger partial charge < -0.3 is 9.94 Å². The lowest BCUT2D eigenvalue weighted by atomic mass is 10.5. The fourth-order valence-corrected chi connectivity index (χ4v) is 0.426. The van der Waals surface area contributed by atoms with Crippen LogP contribution in [0.3, 0.4) is 0 Å². The summed E-state index contributed by atoms with van der Waals surface area (Å²) in [6.45, 7) is 0. The van der Waals surface area contributed by atoms with Gasteiger partial charge in [-0.2, -0.15) is 0 Å². The second-order valence-corrected chi connectivity index (χ2v) is 1.46. The summed E-state index contributed by atoms with van der Waals surface area (Å²) in [7, 11) is 1.19. The molecule has 0 fully saturated rings. The molecule has 1 aromatic rings. The zero-order valence-corrected chi connectivity index (χ0v) is 5.10.